The molecule has 0 bridgehead atoms. The molecule has 0 radical (unpaired) electrons. The van der Waals surface area contributed by atoms with Gasteiger partial charge in [0.25, 0.3) is 0 Å². The summed E-state index contributed by atoms with van der Waals surface area (Å²) in [5.41, 5.74) is 1.38. The molecule has 2 N–H and O–H groups in total. The fraction of sp³-hybridized carbons (Fsp3) is 0.462. The van der Waals surface area contributed by atoms with Gasteiger partial charge in [0.05, 0.1) is 10.5 Å². The van der Waals surface area contributed by atoms with Crippen LogP contribution in [-0.2, 0) is 4.79 Å². The predicted octanol–water partition coefficient (Wildman–Crippen LogP) is 2.98. The van der Waals surface area contributed by atoms with Gasteiger partial charge in [-0.15, -0.1) is 0 Å². The van der Waals surface area contributed by atoms with Crippen molar-refractivity contribution in [3.8, 4) is 0 Å². The van der Waals surface area contributed by atoms with E-state index in [1.54, 1.807) is 13.0 Å². The van der Waals surface area contributed by atoms with Crippen molar-refractivity contribution in [1.82, 2.24) is 5.32 Å². The zero-order valence-electron chi connectivity index (χ0n) is 10.2. The smallest absolute Gasteiger partial charge is 0.241 e. The Balaban J connectivity index is 2.08. The molecule has 0 aromatic heterocycles. The number of rotatable bonds is 2. The maximum Gasteiger partial charge on any atom is 0.241 e. The standard InChI is InChI=1S/C13H16BrFN2O/c1-8-6-10(15)9(14)7-12(8)17-13(18)11-4-2-3-5-16-11/h6-7,11,16H,2-5H2,1H3,(H,17,18). The van der Waals surface area contributed by atoms with Gasteiger partial charge in [-0.25, -0.2) is 4.39 Å². The van der Waals surface area contributed by atoms with Gasteiger partial charge in [0, 0.05) is 5.69 Å². The van der Waals surface area contributed by atoms with Crippen LogP contribution in [0.2, 0.25) is 0 Å². The summed E-state index contributed by atoms with van der Waals surface area (Å²) >= 11 is 3.12. The Bertz CT molecular complexity index is 459. The summed E-state index contributed by atoms with van der Waals surface area (Å²) in [4.78, 5) is 12.0. The highest BCUT2D eigenvalue weighted by Crippen LogP contribution is 2.24. The van der Waals surface area contributed by atoms with Gasteiger partial charge in [0.15, 0.2) is 0 Å². The first-order valence-electron chi connectivity index (χ1n) is 6.08. The van der Waals surface area contributed by atoms with E-state index in [2.05, 4.69) is 26.6 Å². The fourth-order valence-corrected chi connectivity index (χ4v) is 2.42. The molecule has 0 spiro atoms. The lowest BCUT2D eigenvalue weighted by molar-refractivity contribution is -0.118. The number of aryl methyl sites for hydroxylation is 1. The maximum absolute atomic E-state index is 13.3. The fourth-order valence-electron chi connectivity index (χ4n) is 2.08. The minimum atomic E-state index is -0.318. The molecule has 0 aliphatic carbocycles. The first kappa shape index (κ1) is 13.5. The second-order valence-electron chi connectivity index (χ2n) is 4.57. The minimum Gasteiger partial charge on any atom is -0.324 e. The van der Waals surface area contributed by atoms with Crippen LogP contribution in [-0.4, -0.2) is 18.5 Å². The molecule has 5 heteroatoms. The molecule has 2 rings (SSSR count). The summed E-state index contributed by atoms with van der Waals surface area (Å²) in [5.74, 6) is -0.363. The summed E-state index contributed by atoms with van der Waals surface area (Å²) in [6.07, 6.45) is 3.04. The highest BCUT2D eigenvalue weighted by atomic mass is 79.9. The van der Waals surface area contributed by atoms with Crippen LogP contribution in [0.5, 0.6) is 0 Å². The molecule has 3 nitrogen and oxygen atoms in total. The van der Waals surface area contributed by atoms with Crippen LogP contribution in [0.1, 0.15) is 24.8 Å². The number of hydrogen-bond donors (Lipinski definition) is 2. The molecular formula is C13H16BrFN2O. The van der Waals surface area contributed by atoms with E-state index in [-0.39, 0.29) is 17.8 Å². The number of anilines is 1. The van der Waals surface area contributed by atoms with E-state index >= 15 is 0 Å². The van der Waals surface area contributed by atoms with Crippen molar-refractivity contribution in [1.29, 1.82) is 0 Å². The van der Waals surface area contributed by atoms with Gasteiger partial charge in [0.2, 0.25) is 5.91 Å². The highest BCUT2D eigenvalue weighted by molar-refractivity contribution is 9.10. The molecule has 0 saturated carbocycles. The Morgan fingerprint density at radius 1 is 1.50 bits per heavy atom. The minimum absolute atomic E-state index is 0.0451. The molecular weight excluding hydrogens is 299 g/mol. The summed E-state index contributed by atoms with van der Waals surface area (Å²) in [7, 11) is 0. The normalized spacial score (nSPS) is 19.6. The van der Waals surface area contributed by atoms with E-state index in [4.69, 9.17) is 0 Å². The molecule has 1 aliphatic heterocycles. The molecule has 1 heterocycles. The van der Waals surface area contributed by atoms with Crippen LogP contribution in [0.4, 0.5) is 10.1 Å². The largest absolute Gasteiger partial charge is 0.324 e. The van der Waals surface area contributed by atoms with Gasteiger partial charge in [-0.3, -0.25) is 4.79 Å². The van der Waals surface area contributed by atoms with Gasteiger partial charge >= 0.3 is 0 Å². The van der Waals surface area contributed by atoms with E-state index in [0.717, 1.165) is 31.4 Å². The van der Waals surface area contributed by atoms with E-state index < -0.39 is 0 Å². The number of benzene rings is 1. The number of carbonyl (C=O) groups excluding carboxylic acids is 1. The maximum atomic E-state index is 13.3. The zero-order valence-corrected chi connectivity index (χ0v) is 11.8. The monoisotopic (exact) mass is 314 g/mol. The van der Waals surface area contributed by atoms with Crippen molar-refractivity contribution in [3.05, 3.63) is 28.0 Å². The number of hydrogen-bond acceptors (Lipinski definition) is 2. The summed E-state index contributed by atoms with van der Waals surface area (Å²) in [5, 5.41) is 6.04. The van der Waals surface area contributed by atoms with Crippen molar-refractivity contribution in [3.63, 3.8) is 0 Å². The Morgan fingerprint density at radius 3 is 2.94 bits per heavy atom. The van der Waals surface area contributed by atoms with Crippen molar-refractivity contribution in [2.24, 2.45) is 0 Å². The quantitative estimate of drug-likeness (QED) is 0.881. The number of halogens is 2. The van der Waals surface area contributed by atoms with Crippen molar-refractivity contribution >= 4 is 27.5 Å². The number of nitrogens with one attached hydrogen (secondary N) is 2. The number of amides is 1. The third kappa shape index (κ3) is 3.09. The van der Waals surface area contributed by atoms with E-state index in [9.17, 15) is 9.18 Å². The number of carbonyl (C=O) groups is 1. The summed E-state index contributed by atoms with van der Waals surface area (Å²) in [6, 6.07) is 2.88. The second-order valence-corrected chi connectivity index (χ2v) is 5.43. The summed E-state index contributed by atoms with van der Waals surface area (Å²) in [6.45, 7) is 2.66. The third-order valence-electron chi connectivity index (χ3n) is 3.15. The zero-order chi connectivity index (χ0) is 13.1. The Kier molecular flexibility index (Phi) is 4.35. The molecule has 1 aromatic rings. The van der Waals surface area contributed by atoms with Crippen molar-refractivity contribution in [2.45, 2.75) is 32.2 Å². The molecule has 98 valence electrons. The molecule has 1 saturated heterocycles. The van der Waals surface area contributed by atoms with E-state index in [1.165, 1.54) is 6.07 Å². The van der Waals surface area contributed by atoms with Crippen LogP contribution in [0.25, 0.3) is 0 Å². The Morgan fingerprint density at radius 2 is 2.28 bits per heavy atom. The lowest BCUT2D eigenvalue weighted by Crippen LogP contribution is -2.43. The second kappa shape index (κ2) is 5.80. The number of piperidine rings is 1. The lowest BCUT2D eigenvalue weighted by Gasteiger charge is -2.23. The first-order valence-corrected chi connectivity index (χ1v) is 6.87. The third-order valence-corrected chi connectivity index (χ3v) is 3.76. The van der Waals surface area contributed by atoms with Crippen molar-refractivity contribution in [2.75, 3.05) is 11.9 Å². The Labute approximate surface area is 114 Å². The molecule has 1 amide bonds. The predicted molar refractivity (Wildman–Crippen MR) is 73.1 cm³/mol. The van der Waals surface area contributed by atoms with Gasteiger partial charge in [-0.2, -0.15) is 0 Å². The van der Waals surface area contributed by atoms with Crippen molar-refractivity contribution < 1.29 is 9.18 Å². The van der Waals surface area contributed by atoms with Gasteiger partial charge in [0.1, 0.15) is 5.82 Å². The summed E-state index contributed by atoms with van der Waals surface area (Å²) < 4.78 is 13.6. The van der Waals surface area contributed by atoms with Crippen LogP contribution >= 0.6 is 15.9 Å². The van der Waals surface area contributed by atoms with Crippen LogP contribution < -0.4 is 10.6 Å². The van der Waals surface area contributed by atoms with E-state index in [0.29, 0.717) is 10.2 Å². The molecule has 1 aliphatic rings. The lowest BCUT2D eigenvalue weighted by atomic mass is 10.0. The highest BCUT2D eigenvalue weighted by Gasteiger charge is 2.21. The topological polar surface area (TPSA) is 41.1 Å². The SMILES string of the molecule is Cc1cc(F)c(Br)cc1NC(=O)C1CCCCN1. The molecule has 1 aromatic carbocycles. The van der Waals surface area contributed by atoms with Crippen LogP contribution in [0, 0.1) is 12.7 Å². The molecule has 1 atom stereocenters. The van der Waals surface area contributed by atoms with Gasteiger partial charge in [-0.05, 0) is 59.9 Å². The van der Waals surface area contributed by atoms with Gasteiger partial charge < -0.3 is 10.6 Å². The van der Waals surface area contributed by atoms with E-state index in [1.807, 2.05) is 0 Å². The average molecular weight is 315 g/mol. The molecule has 1 unspecified atom stereocenters. The molecule has 18 heavy (non-hydrogen) atoms. The average Bonchev–Trinajstić information content (AvgIpc) is 2.37. The first-order chi connectivity index (χ1) is 8.58. The Hall–Kier alpha value is -0.940. The van der Waals surface area contributed by atoms with Crippen LogP contribution in [0.15, 0.2) is 16.6 Å². The molecule has 1 fully saturated rings. The van der Waals surface area contributed by atoms with Gasteiger partial charge in [-0.1, -0.05) is 6.42 Å². The van der Waals surface area contributed by atoms with Crippen LogP contribution in [0.3, 0.4) is 0 Å².